The first-order valence-electron chi connectivity index (χ1n) is 9.34. The summed E-state index contributed by atoms with van der Waals surface area (Å²) >= 11 is 1.72. The lowest BCUT2D eigenvalue weighted by molar-refractivity contribution is 0.402. The van der Waals surface area contributed by atoms with Gasteiger partial charge in [-0.1, -0.05) is 24.2 Å². The Kier molecular flexibility index (Phi) is 5.31. The Morgan fingerprint density at radius 3 is 2.72 bits per heavy atom. The van der Waals surface area contributed by atoms with Gasteiger partial charge in [0, 0.05) is 28.3 Å². The number of ether oxygens (including phenoxy) is 1. The molecule has 1 aliphatic heterocycles. The highest BCUT2D eigenvalue weighted by atomic mass is 32.2. The average molecular weight is 431 g/mol. The highest BCUT2D eigenvalue weighted by Crippen LogP contribution is 2.43. The summed E-state index contributed by atoms with van der Waals surface area (Å²) in [7, 11) is -2.38. The summed E-state index contributed by atoms with van der Waals surface area (Å²) in [6, 6.07) is 14.4. The van der Waals surface area contributed by atoms with Gasteiger partial charge in [-0.2, -0.15) is 0 Å². The number of methoxy groups -OCH3 is 1. The number of sulfonamides is 1. The molecule has 4 rings (SSSR count). The Morgan fingerprint density at radius 1 is 1.24 bits per heavy atom. The molecule has 1 aromatic heterocycles. The number of benzene rings is 2. The third-order valence-electron chi connectivity index (χ3n) is 4.90. The predicted octanol–water partition coefficient (Wildman–Crippen LogP) is 4.74. The molecule has 1 aliphatic rings. The predicted molar refractivity (Wildman–Crippen MR) is 114 cm³/mol. The fraction of sp³-hybridized carbons (Fsp3) is 0.286. The minimum Gasteiger partial charge on any atom is -0.495 e. The number of hydrogen-bond donors (Lipinski definition) is 0. The molecule has 1 atom stereocenters. The van der Waals surface area contributed by atoms with E-state index < -0.39 is 10.0 Å². The monoisotopic (exact) mass is 430 g/mol. The highest BCUT2D eigenvalue weighted by molar-refractivity contribution is 8.00. The van der Waals surface area contributed by atoms with Gasteiger partial charge in [-0.3, -0.25) is 4.31 Å². The molecule has 29 heavy (non-hydrogen) atoms. The first-order valence-corrected chi connectivity index (χ1v) is 11.7. The third kappa shape index (κ3) is 3.62. The number of rotatable bonds is 5. The molecule has 0 spiro atoms. The van der Waals surface area contributed by atoms with Crippen LogP contribution in [0.25, 0.3) is 11.3 Å². The van der Waals surface area contributed by atoms with Crippen molar-refractivity contribution in [2.75, 3.05) is 18.0 Å². The summed E-state index contributed by atoms with van der Waals surface area (Å²) in [6.07, 6.45) is 0.875. The molecule has 0 bridgehead atoms. The number of para-hydroxylation sites is 1. The molecule has 0 radical (unpaired) electrons. The second-order valence-corrected chi connectivity index (χ2v) is 10.0. The highest BCUT2D eigenvalue weighted by Gasteiger charge is 2.35. The van der Waals surface area contributed by atoms with Crippen LogP contribution in [0.4, 0.5) is 5.69 Å². The van der Waals surface area contributed by atoms with Crippen molar-refractivity contribution in [2.45, 2.75) is 35.3 Å². The summed E-state index contributed by atoms with van der Waals surface area (Å²) in [5.41, 5.74) is 2.06. The molecular weight excluding hydrogens is 408 g/mol. The molecule has 0 N–H and O–H groups in total. The first kappa shape index (κ1) is 19.8. The molecule has 0 amide bonds. The molecule has 0 fully saturated rings. The topological polar surface area (TPSA) is 72.6 Å². The maximum Gasteiger partial charge on any atom is 0.268 e. The SMILES string of the molecule is CC[C@@H]1CN(S(=O)(=O)c2cc(-c3cc(C)no3)ccc2OC)c2ccccc2S1. The van der Waals surface area contributed by atoms with E-state index >= 15 is 0 Å². The van der Waals surface area contributed by atoms with E-state index in [4.69, 9.17) is 9.26 Å². The maximum absolute atomic E-state index is 13.8. The molecule has 8 heteroatoms. The van der Waals surface area contributed by atoms with Crippen molar-refractivity contribution in [3.8, 4) is 17.1 Å². The average Bonchev–Trinajstić information content (AvgIpc) is 3.18. The van der Waals surface area contributed by atoms with Crippen LogP contribution < -0.4 is 9.04 Å². The second kappa shape index (κ2) is 7.76. The summed E-state index contributed by atoms with van der Waals surface area (Å²) in [6.45, 7) is 4.31. The quantitative estimate of drug-likeness (QED) is 0.582. The van der Waals surface area contributed by atoms with E-state index in [9.17, 15) is 8.42 Å². The van der Waals surface area contributed by atoms with E-state index in [1.807, 2.05) is 31.2 Å². The summed E-state index contributed by atoms with van der Waals surface area (Å²) < 4.78 is 39.8. The van der Waals surface area contributed by atoms with Gasteiger partial charge in [0.15, 0.2) is 5.76 Å². The fourth-order valence-corrected chi connectivity index (χ4v) is 6.42. The van der Waals surface area contributed by atoms with Gasteiger partial charge in [0.2, 0.25) is 0 Å². The number of anilines is 1. The van der Waals surface area contributed by atoms with Crippen molar-refractivity contribution in [3.63, 3.8) is 0 Å². The van der Waals surface area contributed by atoms with Gasteiger partial charge in [-0.25, -0.2) is 8.42 Å². The van der Waals surface area contributed by atoms with Crippen molar-refractivity contribution in [1.82, 2.24) is 5.16 Å². The summed E-state index contributed by atoms with van der Waals surface area (Å²) in [4.78, 5) is 1.08. The van der Waals surface area contributed by atoms with Crippen molar-refractivity contribution >= 4 is 27.5 Å². The fourth-order valence-electron chi connectivity index (χ4n) is 3.35. The van der Waals surface area contributed by atoms with Gasteiger partial charge in [0.1, 0.15) is 10.6 Å². The first-order chi connectivity index (χ1) is 13.9. The smallest absolute Gasteiger partial charge is 0.268 e. The summed E-state index contributed by atoms with van der Waals surface area (Å²) in [5, 5.41) is 4.09. The van der Waals surface area contributed by atoms with Crippen LogP contribution in [0.1, 0.15) is 19.0 Å². The van der Waals surface area contributed by atoms with Crippen LogP contribution in [0.5, 0.6) is 5.75 Å². The lowest BCUT2D eigenvalue weighted by atomic mass is 10.1. The third-order valence-corrected chi connectivity index (χ3v) is 8.11. The van der Waals surface area contributed by atoms with Crippen molar-refractivity contribution in [3.05, 3.63) is 54.2 Å². The van der Waals surface area contributed by atoms with E-state index in [0.717, 1.165) is 17.0 Å². The zero-order valence-electron chi connectivity index (χ0n) is 16.5. The van der Waals surface area contributed by atoms with Gasteiger partial charge in [0.25, 0.3) is 10.0 Å². The largest absolute Gasteiger partial charge is 0.495 e. The van der Waals surface area contributed by atoms with Crippen LogP contribution in [0.2, 0.25) is 0 Å². The van der Waals surface area contributed by atoms with E-state index in [1.165, 1.54) is 11.4 Å². The van der Waals surface area contributed by atoms with Gasteiger partial charge in [-0.15, -0.1) is 11.8 Å². The van der Waals surface area contributed by atoms with Crippen LogP contribution >= 0.6 is 11.8 Å². The van der Waals surface area contributed by atoms with Gasteiger partial charge in [-0.05, 0) is 43.7 Å². The van der Waals surface area contributed by atoms with Crippen LogP contribution in [0.15, 0.2) is 62.8 Å². The van der Waals surface area contributed by atoms with Crippen LogP contribution in [-0.4, -0.2) is 32.5 Å². The molecule has 2 heterocycles. The van der Waals surface area contributed by atoms with Crippen molar-refractivity contribution in [1.29, 1.82) is 0 Å². The Morgan fingerprint density at radius 2 is 2.03 bits per heavy atom. The molecule has 0 saturated heterocycles. The standard InChI is InChI=1S/C21H22N2O4S2/c1-4-16-13-23(17-7-5-6-8-20(17)28-16)29(24,25)21-12-15(9-10-18(21)26-3)19-11-14(2)22-27-19/h5-12,16H,4,13H2,1-3H3/t16-/m1/s1. The van der Waals surface area contributed by atoms with Crippen LogP contribution in [0, 0.1) is 6.92 Å². The minimum atomic E-state index is -3.85. The number of thioether (sulfide) groups is 1. The van der Waals surface area contributed by atoms with E-state index in [-0.39, 0.29) is 10.1 Å². The number of hydrogen-bond acceptors (Lipinski definition) is 6. The zero-order valence-corrected chi connectivity index (χ0v) is 18.1. The zero-order chi connectivity index (χ0) is 20.6. The molecule has 0 aliphatic carbocycles. The van der Waals surface area contributed by atoms with Crippen molar-refractivity contribution in [2.24, 2.45) is 0 Å². The van der Waals surface area contributed by atoms with Crippen LogP contribution in [-0.2, 0) is 10.0 Å². The van der Waals surface area contributed by atoms with E-state index in [1.54, 1.807) is 36.0 Å². The minimum absolute atomic E-state index is 0.114. The number of aryl methyl sites for hydroxylation is 1. The van der Waals surface area contributed by atoms with Gasteiger partial charge < -0.3 is 9.26 Å². The molecular formula is C21H22N2O4S2. The molecule has 0 unspecified atom stereocenters. The summed E-state index contributed by atoms with van der Waals surface area (Å²) in [5.74, 6) is 0.816. The number of fused-ring (bicyclic) bond motifs is 1. The van der Waals surface area contributed by atoms with Crippen molar-refractivity contribution < 1.29 is 17.7 Å². The number of nitrogens with zero attached hydrogens (tertiary/aromatic N) is 2. The Labute approximate surface area is 174 Å². The molecule has 152 valence electrons. The second-order valence-electron chi connectivity index (χ2n) is 6.85. The van der Waals surface area contributed by atoms with E-state index in [2.05, 4.69) is 12.1 Å². The maximum atomic E-state index is 13.8. The van der Waals surface area contributed by atoms with Gasteiger partial charge >= 0.3 is 0 Å². The molecule has 6 nitrogen and oxygen atoms in total. The normalized spacial score (nSPS) is 16.5. The Bertz CT molecular complexity index is 1140. The number of aromatic nitrogens is 1. The Balaban J connectivity index is 1.85. The molecule has 2 aromatic carbocycles. The molecule has 3 aromatic rings. The van der Waals surface area contributed by atoms with E-state index in [0.29, 0.717) is 29.3 Å². The lowest BCUT2D eigenvalue weighted by Crippen LogP contribution is -2.39. The molecule has 0 saturated carbocycles. The lowest BCUT2D eigenvalue weighted by Gasteiger charge is -2.34. The van der Waals surface area contributed by atoms with Gasteiger partial charge in [0.05, 0.1) is 18.5 Å². The van der Waals surface area contributed by atoms with Crippen LogP contribution in [0.3, 0.4) is 0 Å². The Hall–Kier alpha value is -2.45.